The summed E-state index contributed by atoms with van der Waals surface area (Å²) >= 11 is 0. The molecule has 0 unspecified atom stereocenters. The van der Waals surface area contributed by atoms with Gasteiger partial charge in [-0.15, -0.1) is 0 Å². The summed E-state index contributed by atoms with van der Waals surface area (Å²) in [6.45, 7) is 1.74. The molecule has 0 spiro atoms. The van der Waals surface area contributed by atoms with Crippen LogP contribution in [0.3, 0.4) is 0 Å². The highest BCUT2D eigenvalue weighted by Gasteiger charge is 2.23. The summed E-state index contributed by atoms with van der Waals surface area (Å²) in [5.74, 6) is -0.0593. The van der Waals surface area contributed by atoms with E-state index < -0.39 is 5.97 Å². The van der Waals surface area contributed by atoms with Crippen molar-refractivity contribution in [2.75, 3.05) is 0 Å². The van der Waals surface area contributed by atoms with E-state index in [0.717, 1.165) is 5.56 Å². The van der Waals surface area contributed by atoms with Crippen molar-refractivity contribution in [2.45, 2.75) is 6.92 Å². The van der Waals surface area contributed by atoms with Crippen molar-refractivity contribution in [3.05, 3.63) is 54.1 Å². The van der Waals surface area contributed by atoms with Gasteiger partial charge in [-0.05, 0) is 25.1 Å². The second kappa shape index (κ2) is 4.70. The van der Waals surface area contributed by atoms with E-state index in [1.807, 2.05) is 30.3 Å². The maximum Gasteiger partial charge on any atom is 0.358 e. The van der Waals surface area contributed by atoms with Crippen LogP contribution in [0.2, 0.25) is 0 Å². The van der Waals surface area contributed by atoms with Gasteiger partial charge in [-0.2, -0.15) is 0 Å². The molecule has 0 bridgehead atoms. The van der Waals surface area contributed by atoms with Gasteiger partial charge in [0.25, 0.3) is 0 Å². The lowest BCUT2D eigenvalue weighted by molar-refractivity contribution is 0.0691. The van der Waals surface area contributed by atoms with Crippen molar-refractivity contribution in [1.82, 2.24) is 4.98 Å². The Morgan fingerprint density at radius 1 is 1.20 bits per heavy atom. The average molecular weight is 269 g/mol. The predicted octanol–water partition coefficient (Wildman–Crippen LogP) is 3.61. The minimum absolute atomic E-state index is 0.117. The molecule has 0 atom stereocenters. The zero-order chi connectivity index (χ0) is 14.1. The van der Waals surface area contributed by atoms with E-state index in [-0.39, 0.29) is 17.3 Å². The molecule has 1 N–H and O–H groups in total. The Morgan fingerprint density at radius 3 is 2.55 bits per heavy atom. The number of hydrogen-bond donors (Lipinski definition) is 1. The van der Waals surface area contributed by atoms with E-state index in [9.17, 15) is 9.90 Å². The largest absolute Gasteiger partial charge is 0.476 e. The Kier molecular flexibility index (Phi) is 2.87. The number of furan rings is 1. The maximum absolute atomic E-state index is 11.3. The lowest BCUT2D eigenvalue weighted by Gasteiger charge is -1.95. The summed E-state index contributed by atoms with van der Waals surface area (Å²) in [6.07, 6.45) is 1.49. The van der Waals surface area contributed by atoms with Gasteiger partial charge in [-0.25, -0.2) is 9.78 Å². The molecule has 5 nitrogen and oxygen atoms in total. The Labute approximate surface area is 114 Å². The number of hydrogen-bond acceptors (Lipinski definition) is 4. The molecule has 0 radical (unpaired) electrons. The Balaban J connectivity index is 2.18. The van der Waals surface area contributed by atoms with Crippen LogP contribution in [0.15, 0.2) is 51.5 Å². The van der Waals surface area contributed by atoms with Crippen molar-refractivity contribution >= 4 is 5.97 Å². The first kappa shape index (κ1) is 12.2. The zero-order valence-electron chi connectivity index (χ0n) is 10.7. The van der Waals surface area contributed by atoms with Gasteiger partial charge in [0.1, 0.15) is 5.76 Å². The molecule has 3 aromatic rings. The van der Waals surface area contributed by atoms with Gasteiger partial charge in [0, 0.05) is 5.56 Å². The summed E-state index contributed by atoms with van der Waals surface area (Å²) < 4.78 is 10.8. The van der Waals surface area contributed by atoms with Crippen molar-refractivity contribution in [2.24, 2.45) is 0 Å². The van der Waals surface area contributed by atoms with Crippen LogP contribution < -0.4 is 0 Å². The first-order chi connectivity index (χ1) is 9.66. The van der Waals surface area contributed by atoms with Gasteiger partial charge in [-0.1, -0.05) is 18.2 Å². The highest BCUT2D eigenvalue weighted by atomic mass is 16.4. The van der Waals surface area contributed by atoms with Crippen molar-refractivity contribution in [3.63, 3.8) is 0 Å². The molecule has 0 saturated heterocycles. The monoisotopic (exact) mass is 269 g/mol. The molecule has 5 heteroatoms. The Morgan fingerprint density at radius 2 is 1.95 bits per heavy atom. The number of aromatic nitrogens is 1. The minimum Gasteiger partial charge on any atom is -0.476 e. The predicted molar refractivity (Wildman–Crippen MR) is 71.3 cm³/mol. The summed E-state index contributed by atoms with van der Waals surface area (Å²) in [6, 6.07) is 10.8. The summed E-state index contributed by atoms with van der Waals surface area (Å²) in [4.78, 5) is 15.4. The van der Waals surface area contributed by atoms with Crippen LogP contribution in [0.1, 0.15) is 16.2 Å². The maximum atomic E-state index is 11.3. The van der Waals surface area contributed by atoms with Crippen molar-refractivity contribution in [3.8, 4) is 22.8 Å². The van der Waals surface area contributed by atoms with E-state index >= 15 is 0 Å². The summed E-state index contributed by atoms with van der Waals surface area (Å²) in [5.41, 5.74) is 1.20. The Bertz CT molecular complexity index is 755. The fraction of sp³-hybridized carbons (Fsp3) is 0.0667. The summed E-state index contributed by atoms with van der Waals surface area (Å²) in [7, 11) is 0. The van der Waals surface area contributed by atoms with Gasteiger partial charge >= 0.3 is 5.97 Å². The van der Waals surface area contributed by atoms with E-state index in [4.69, 9.17) is 8.83 Å². The van der Waals surface area contributed by atoms with Crippen LogP contribution in [-0.4, -0.2) is 16.1 Å². The third-order valence-corrected chi connectivity index (χ3v) is 2.95. The molecule has 3 rings (SSSR count). The highest BCUT2D eigenvalue weighted by Crippen LogP contribution is 2.32. The molecule has 0 aliphatic heterocycles. The molecule has 0 amide bonds. The number of rotatable bonds is 3. The quantitative estimate of drug-likeness (QED) is 0.786. The standard InChI is InChI=1S/C15H11NO4/c1-9-11(7-8-19-9)13-12(15(17)18)16-14(20-13)10-5-3-2-4-6-10/h2-8H,1H3,(H,17,18). The molecule has 100 valence electrons. The van der Waals surface area contributed by atoms with E-state index in [1.54, 1.807) is 13.0 Å². The van der Waals surface area contributed by atoms with Gasteiger partial charge < -0.3 is 13.9 Å². The molecule has 0 aliphatic carbocycles. The molecule has 2 heterocycles. The fourth-order valence-corrected chi connectivity index (χ4v) is 1.97. The normalized spacial score (nSPS) is 10.7. The minimum atomic E-state index is -1.13. The number of benzene rings is 1. The number of aromatic carboxylic acids is 1. The molecule has 1 aromatic carbocycles. The van der Waals surface area contributed by atoms with E-state index in [2.05, 4.69) is 4.98 Å². The zero-order valence-corrected chi connectivity index (χ0v) is 10.7. The molecule has 0 saturated carbocycles. The van der Waals surface area contributed by atoms with Crippen LogP contribution in [0.4, 0.5) is 0 Å². The number of carbonyl (C=O) groups is 1. The lowest BCUT2D eigenvalue weighted by atomic mass is 10.2. The van der Waals surface area contributed by atoms with Crippen molar-refractivity contribution in [1.29, 1.82) is 0 Å². The van der Waals surface area contributed by atoms with E-state index in [0.29, 0.717) is 11.3 Å². The number of nitrogens with zero attached hydrogens (tertiary/aromatic N) is 1. The first-order valence-electron chi connectivity index (χ1n) is 6.01. The first-order valence-corrected chi connectivity index (χ1v) is 6.01. The molecule has 20 heavy (non-hydrogen) atoms. The molecular formula is C15H11NO4. The van der Waals surface area contributed by atoms with Crippen molar-refractivity contribution < 1.29 is 18.7 Å². The SMILES string of the molecule is Cc1occc1-c1oc(-c2ccccc2)nc1C(=O)O. The van der Waals surface area contributed by atoms with E-state index in [1.165, 1.54) is 6.26 Å². The second-order valence-electron chi connectivity index (χ2n) is 4.26. The third-order valence-electron chi connectivity index (χ3n) is 2.95. The van der Waals surface area contributed by atoms with Crippen LogP contribution in [0.25, 0.3) is 22.8 Å². The number of oxazole rings is 1. The van der Waals surface area contributed by atoms with Gasteiger partial charge in [0.15, 0.2) is 11.5 Å². The highest BCUT2D eigenvalue weighted by molar-refractivity contribution is 5.93. The molecular weight excluding hydrogens is 258 g/mol. The van der Waals surface area contributed by atoms with Gasteiger partial charge in [0.2, 0.25) is 5.89 Å². The lowest BCUT2D eigenvalue weighted by Crippen LogP contribution is -1.98. The number of carboxylic acids is 1. The molecule has 0 fully saturated rings. The molecule has 0 aliphatic rings. The van der Waals surface area contributed by atoms with Crippen LogP contribution >= 0.6 is 0 Å². The van der Waals surface area contributed by atoms with Crippen LogP contribution in [0, 0.1) is 6.92 Å². The Hall–Kier alpha value is -2.82. The molecule has 2 aromatic heterocycles. The van der Waals surface area contributed by atoms with Crippen LogP contribution in [0.5, 0.6) is 0 Å². The number of carboxylic acid groups (broad SMARTS) is 1. The van der Waals surface area contributed by atoms with Crippen LogP contribution in [-0.2, 0) is 0 Å². The number of aryl methyl sites for hydroxylation is 1. The third kappa shape index (κ3) is 1.99. The second-order valence-corrected chi connectivity index (χ2v) is 4.26. The van der Waals surface area contributed by atoms with Gasteiger partial charge in [0.05, 0.1) is 11.8 Å². The fourth-order valence-electron chi connectivity index (χ4n) is 1.97. The summed E-state index contributed by atoms with van der Waals surface area (Å²) in [5, 5.41) is 9.26. The topological polar surface area (TPSA) is 76.5 Å². The average Bonchev–Trinajstić information content (AvgIpc) is 3.05. The van der Waals surface area contributed by atoms with Gasteiger partial charge in [-0.3, -0.25) is 0 Å². The smallest absolute Gasteiger partial charge is 0.358 e.